The van der Waals surface area contributed by atoms with Gasteiger partial charge in [-0.1, -0.05) is 42.5 Å². The van der Waals surface area contributed by atoms with E-state index in [4.69, 9.17) is 0 Å². The Labute approximate surface area is 165 Å². The highest BCUT2D eigenvalue weighted by Gasteiger charge is 2.10. The summed E-state index contributed by atoms with van der Waals surface area (Å²) < 4.78 is 0. The Kier molecular flexibility index (Phi) is 5.13. The maximum absolute atomic E-state index is 12.7. The summed E-state index contributed by atoms with van der Waals surface area (Å²) in [6.07, 6.45) is 3.40. The normalized spacial score (nSPS) is 11.4. The van der Waals surface area contributed by atoms with E-state index in [1.54, 1.807) is 0 Å². The van der Waals surface area contributed by atoms with Crippen molar-refractivity contribution in [2.24, 2.45) is 0 Å². The van der Waals surface area contributed by atoms with Crippen LogP contribution in [0.3, 0.4) is 0 Å². The molecule has 1 aromatic heterocycles. The number of anilines is 1. The van der Waals surface area contributed by atoms with Gasteiger partial charge in [0.25, 0.3) is 0 Å². The molecular formula is C24H25N3O. The average Bonchev–Trinajstić information content (AvgIpc) is 3.09. The first-order chi connectivity index (χ1) is 13.6. The molecule has 142 valence electrons. The fourth-order valence-electron chi connectivity index (χ4n) is 3.63. The predicted molar refractivity (Wildman–Crippen MR) is 117 cm³/mol. The molecular weight excluding hydrogens is 346 g/mol. The smallest absolute Gasteiger partial charge is 0.228 e. The van der Waals surface area contributed by atoms with Crippen molar-refractivity contribution in [3.05, 3.63) is 78.0 Å². The van der Waals surface area contributed by atoms with Crippen LogP contribution in [0.1, 0.15) is 11.1 Å². The number of nitrogens with one attached hydrogen (secondary N) is 2. The van der Waals surface area contributed by atoms with Crippen molar-refractivity contribution in [2.45, 2.75) is 12.8 Å². The lowest BCUT2D eigenvalue weighted by Gasteiger charge is -2.10. The average molecular weight is 371 g/mol. The number of hydrogen-bond donors (Lipinski definition) is 2. The van der Waals surface area contributed by atoms with Gasteiger partial charge in [0.05, 0.1) is 6.42 Å². The third-order valence-corrected chi connectivity index (χ3v) is 5.11. The van der Waals surface area contributed by atoms with Gasteiger partial charge in [-0.05, 0) is 60.6 Å². The zero-order valence-corrected chi connectivity index (χ0v) is 16.3. The highest BCUT2D eigenvalue weighted by atomic mass is 16.1. The van der Waals surface area contributed by atoms with Crippen LogP contribution in [0.15, 0.2) is 66.9 Å². The van der Waals surface area contributed by atoms with E-state index in [2.05, 4.69) is 59.8 Å². The van der Waals surface area contributed by atoms with Crippen LogP contribution in [-0.2, 0) is 17.6 Å². The summed E-state index contributed by atoms with van der Waals surface area (Å²) in [7, 11) is 4.15. The Bertz CT molecular complexity index is 1120. The number of carbonyl (C=O) groups is 1. The lowest BCUT2D eigenvalue weighted by Crippen LogP contribution is -2.15. The molecule has 4 aromatic rings. The molecule has 0 radical (unpaired) electrons. The molecule has 0 unspecified atom stereocenters. The van der Waals surface area contributed by atoms with E-state index in [1.807, 2.05) is 36.4 Å². The molecule has 0 atom stereocenters. The van der Waals surface area contributed by atoms with E-state index >= 15 is 0 Å². The van der Waals surface area contributed by atoms with Gasteiger partial charge in [0.1, 0.15) is 0 Å². The Morgan fingerprint density at radius 3 is 2.64 bits per heavy atom. The number of aromatic nitrogens is 1. The zero-order valence-electron chi connectivity index (χ0n) is 16.3. The van der Waals surface area contributed by atoms with Gasteiger partial charge in [-0.2, -0.15) is 0 Å². The molecule has 0 aliphatic carbocycles. The summed E-state index contributed by atoms with van der Waals surface area (Å²) in [5.41, 5.74) is 4.25. The second kappa shape index (κ2) is 7.87. The summed E-state index contributed by atoms with van der Waals surface area (Å²) in [4.78, 5) is 18.2. The van der Waals surface area contributed by atoms with Gasteiger partial charge >= 0.3 is 0 Å². The van der Waals surface area contributed by atoms with Crippen LogP contribution in [0.25, 0.3) is 21.7 Å². The number of rotatable bonds is 6. The molecule has 0 bridgehead atoms. The lowest BCUT2D eigenvalue weighted by molar-refractivity contribution is -0.115. The number of amides is 1. The molecule has 0 aliphatic rings. The van der Waals surface area contributed by atoms with Gasteiger partial charge < -0.3 is 15.2 Å². The van der Waals surface area contributed by atoms with E-state index in [0.717, 1.165) is 40.5 Å². The molecule has 0 spiro atoms. The van der Waals surface area contributed by atoms with Crippen LogP contribution in [-0.4, -0.2) is 36.4 Å². The number of nitrogens with zero attached hydrogens (tertiary/aromatic N) is 1. The first kappa shape index (κ1) is 18.3. The van der Waals surface area contributed by atoms with Crippen LogP contribution in [0, 0.1) is 0 Å². The molecule has 0 saturated heterocycles. The van der Waals surface area contributed by atoms with Crippen molar-refractivity contribution < 1.29 is 4.79 Å². The third kappa shape index (κ3) is 3.92. The maximum atomic E-state index is 12.7. The third-order valence-electron chi connectivity index (χ3n) is 5.11. The van der Waals surface area contributed by atoms with Crippen LogP contribution < -0.4 is 5.32 Å². The minimum absolute atomic E-state index is 0.00100. The maximum Gasteiger partial charge on any atom is 0.228 e. The molecule has 1 heterocycles. The summed E-state index contributed by atoms with van der Waals surface area (Å²) in [6.45, 7) is 0.991. The number of likely N-dealkylation sites (N-methyl/N-ethyl adjacent to an activating group) is 1. The minimum atomic E-state index is 0.00100. The molecule has 4 rings (SSSR count). The van der Waals surface area contributed by atoms with E-state index in [0.29, 0.717) is 6.42 Å². The SMILES string of the molecule is CN(C)CCc1c[nH]c2ccc(NC(=O)Cc3cccc4ccccc34)cc12. The van der Waals surface area contributed by atoms with Gasteiger partial charge in [0.15, 0.2) is 0 Å². The summed E-state index contributed by atoms with van der Waals surface area (Å²) in [6, 6.07) is 20.3. The standard InChI is InChI=1S/C24H25N3O/c1-27(2)13-12-19-16-25-23-11-10-20(15-22(19)23)26-24(28)14-18-8-5-7-17-6-3-4-9-21(17)18/h3-11,15-16,25H,12-14H2,1-2H3,(H,26,28). The summed E-state index contributed by atoms with van der Waals surface area (Å²) in [5.74, 6) is 0.00100. The number of H-pyrrole nitrogens is 1. The number of benzene rings is 3. The van der Waals surface area contributed by atoms with Crippen molar-refractivity contribution in [3.63, 3.8) is 0 Å². The summed E-state index contributed by atoms with van der Waals surface area (Å²) >= 11 is 0. The van der Waals surface area contributed by atoms with E-state index in [1.165, 1.54) is 10.9 Å². The van der Waals surface area contributed by atoms with Gasteiger partial charge in [-0.15, -0.1) is 0 Å². The Balaban J connectivity index is 1.52. The topological polar surface area (TPSA) is 48.1 Å². The monoisotopic (exact) mass is 371 g/mol. The van der Waals surface area contributed by atoms with Gasteiger partial charge in [-0.25, -0.2) is 0 Å². The molecule has 1 amide bonds. The number of aromatic amines is 1. The highest BCUT2D eigenvalue weighted by molar-refractivity contribution is 5.98. The molecule has 0 aliphatic heterocycles. The zero-order chi connectivity index (χ0) is 19.5. The number of carbonyl (C=O) groups excluding carboxylic acids is 1. The van der Waals surface area contributed by atoms with E-state index < -0.39 is 0 Å². The van der Waals surface area contributed by atoms with Crippen LogP contribution in [0.5, 0.6) is 0 Å². The molecule has 0 saturated carbocycles. The number of hydrogen-bond acceptors (Lipinski definition) is 2. The second-order valence-corrected chi connectivity index (χ2v) is 7.49. The first-order valence-corrected chi connectivity index (χ1v) is 9.61. The molecule has 2 N–H and O–H groups in total. The van der Waals surface area contributed by atoms with Crippen molar-refractivity contribution in [1.82, 2.24) is 9.88 Å². The van der Waals surface area contributed by atoms with Gasteiger partial charge in [0, 0.05) is 29.3 Å². The summed E-state index contributed by atoms with van der Waals surface area (Å²) in [5, 5.41) is 6.53. The Morgan fingerprint density at radius 1 is 0.964 bits per heavy atom. The molecule has 28 heavy (non-hydrogen) atoms. The molecule has 3 aromatic carbocycles. The highest BCUT2D eigenvalue weighted by Crippen LogP contribution is 2.24. The largest absolute Gasteiger partial charge is 0.361 e. The fourth-order valence-corrected chi connectivity index (χ4v) is 3.63. The lowest BCUT2D eigenvalue weighted by atomic mass is 10.0. The van der Waals surface area contributed by atoms with Crippen LogP contribution in [0.4, 0.5) is 5.69 Å². The van der Waals surface area contributed by atoms with E-state index in [-0.39, 0.29) is 5.91 Å². The fraction of sp³-hybridized carbons (Fsp3) is 0.208. The van der Waals surface area contributed by atoms with Crippen molar-refractivity contribution in [3.8, 4) is 0 Å². The van der Waals surface area contributed by atoms with Crippen molar-refractivity contribution in [2.75, 3.05) is 26.0 Å². The molecule has 4 heteroatoms. The first-order valence-electron chi connectivity index (χ1n) is 9.61. The Morgan fingerprint density at radius 2 is 1.79 bits per heavy atom. The number of fused-ring (bicyclic) bond motifs is 2. The van der Waals surface area contributed by atoms with E-state index in [9.17, 15) is 4.79 Å². The molecule has 4 nitrogen and oxygen atoms in total. The van der Waals surface area contributed by atoms with Crippen LogP contribution in [0.2, 0.25) is 0 Å². The second-order valence-electron chi connectivity index (χ2n) is 7.49. The Hall–Kier alpha value is -3.11. The minimum Gasteiger partial charge on any atom is -0.361 e. The predicted octanol–water partition coefficient (Wildman–Crippen LogP) is 4.61. The van der Waals surface area contributed by atoms with Gasteiger partial charge in [0.2, 0.25) is 5.91 Å². The molecule has 0 fully saturated rings. The van der Waals surface area contributed by atoms with Crippen molar-refractivity contribution in [1.29, 1.82) is 0 Å². The quantitative estimate of drug-likeness (QED) is 0.520. The van der Waals surface area contributed by atoms with Crippen molar-refractivity contribution >= 4 is 33.3 Å². The van der Waals surface area contributed by atoms with Crippen LogP contribution >= 0.6 is 0 Å². The van der Waals surface area contributed by atoms with Gasteiger partial charge in [-0.3, -0.25) is 4.79 Å².